The summed E-state index contributed by atoms with van der Waals surface area (Å²) in [6.45, 7) is 3.59. The van der Waals surface area contributed by atoms with Gasteiger partial charge in [0.15, 0.2) is 0 Å². The van der Waals surface area contributed by atoms with Crippen molar-refractivity contribution in [2.75, 3.05) is 25.6 Å². The standard InChI is InChI=1S/C15H22N2S/c1-13(12-18-3)17(2)11-15-8-5-4-7-14(15)9-6-10-16/h4-5,7-8,13H,10-12,16H2,1-3H3. The number of hydrogen-bond donors (Lipinski definition) is 1. The summed E-state index contributed by atoms with van der Waals surface area (Å²) in [7, 11) is 2.16. The molecule has 0 aromatic heterocycles. The van der Waals surface area contributed by atoms with Gasteiger partial charge in [-0.1, -0.05) is 30.0 Å². The van der Waals surface area contributed by atoms with Crippen molar-refractivity contribution in [1.29, 1.82) is 0 Å². The van der Waals surface area contributed by atoms with Crippen LogP contribution in [-0.4, -0.2) is 36.5 Å². The van der Waals surface area contributed by atoms with Gasteiger partial charge in [-0.2, -0.15) is 11.8 Å². The van der Waals surface area contributed by atoms with E-state index in [1.165, 1.54) is 5.56 Å². The molecular weight excluding hydrogens is 240 g/mol. The lowest BCUT2D eigenvalue weighted by Gasteiger charge is -2.24. The van der Waals surface area contributed by atoms with Gasteiger partial charge in [-0.05, 0) is 31.9 Å². The zero-order chi connectivity index (χ0) is 13.4. The van der Waals surface area contributed by atoms with Crippen LogP contribution in [0.2, 0.25) is 0 Å². The van der Waals surface area contributed by atoms with Crippen LogP contribution in [-0.2, 0) is 6.54 Å². The van der Waals surface area contributed by atoms with Crippen molar-refractivity contribution in [3.63, 3.8) is 0 Å². The van der Waals surface area contributed by atoms with Gasteiger partial charge in [-0.3, -0.25) is 4.90 Å². The summed E-state index contributed by atoms with van der Waals surface area (Å²) in [5, 5.41) is 0. The van der Waals surface area contributed by atoms with Gasteiger partial charge in [-0.25, -0.2) is 0 Å². The van der Waals surface area contributed by atoms with E-state index in [9.17, 15) is 0 Å². The maximum absolute atomic E-state index is 5.43. The highest BCUT2D eigenvalue weighted by Gasteiger charge is 2.10. The summed E-state index contributed by atoms with van der Waals surface area (Å²) in [4.78, 5) is 2.36. The van der Waals surface area contributed by atoms with Gasteiger partial charge in [0.05, 0.1) is 6.54 Å². The van der Waals surface area contributed by atoms with Gasteiger partial charge in [0.25, 0.3) is 0 Å². The first kappa shape index (κ1) is 15.1. The lowest BCUT2D eigenvalue weighted by Crippen LogP contribution is -2.30. The molecule has 1 unspecified atom stereocenters. The molecule has 1 rings (SSSR count). The van der Waals surface area contributed by atoms with Crippen LogP contribution in [0.25, 0.3) is 0 Å². The minimum atomic E-state index is 0.410. The Labute approximate surface area is 115 Å². The van der Waals surface area contributed by atoms with E-state index in [2.05, 4.69) is 55.2 Å². The Hall–Kier alpha value is -0.950. The Morgan fingerprint density at radius 1 is 1.39 bits per heavy atom. The third-order valence-corrected chi connectivity index (χ3v) is 3.74. The first-order valence-corrected chi connectivity index (χ1v) is 7.54. The molecule has 0 amide bonds. The van der Waals surface area contributed by atoms with Crippen LogP contribution in [0.3, 0.4) is 0 Å². The monoisotopic (exact) mass is 262 g/mol. The molecule has 0 saturated carbocycles. The third-order valence-electron chi connectivity index (χ3n) is 2.92. The molecule has 1 atom stereocenters. The molecule has 18 heavy (non-hydrogen) atoms. The van der Waals surface area contributed by atoms with E-state index in [0.29, 0.717) is 12.6 Å². The summed E-state index contributed by atoms with van der Waals surface area (Å²) >= 11 is 1.88. The highest BCUT2D eigenvalue weighted by Crippen LogP contribution is 2.13. The fraction of sp³-hybridized carbons (Fsp3) is 0.467. The minimum Gasteiger partial charge on any atom is -0.320 e. The number of hydrogen-bond acceptors (Lipinski definition) is 3. The van der Waals surface area contributed by atoms with E-state index < -0.39 is 0 Å². The van der Waals surface area contributed by atoms with Gasteiger partial charge in [0.1, 0.15) is 0 Å². The average Bonchev–Trinajstić information content (AvgIpc) is 2.38. The Morgan fingerprint density at radius 2 is 2.11 bits per heavy atom. The molecule has 2 N–H and O–H groups in total. The smallest absolute Gasteiger partial charge is 0.0555 e. The minimum absolute atomic E-state index is 0.410. The lowest BCUT2D eigenvalue weighted by molar-refractivity contribution is 0.269. The molecule has 0 fully saturated rings. The molecule has 0 aliphatic heterocycles. The van der Waals surface area contributed by atoms with Gasteiger partial charge >= 0.3 is 0 Å². The Bertz CT molecular complexity index is 420. The zero-order valence-electron chi connectivity index (χ0n) is 11.4. The summed E-state index contributed by atoms with van der Waals surface area (Å²) in [6, 6.07) is 8.86. The quantitative estimate of drug-likeness (QED) is 0.825. The van der Waals surface area contributed by atoms with Crippen LogP contribution in [0.4, 0.5) is 0 Å². The van der Waals surface area contributed by atoms with Gasteiger partial charge in [0.2, 0.25) is 0 Å². The highest BCUT2D eigenvalue weighted by atomic mass is 32.2. The summed E-state index contributed by atoms with van der Waals surface area (Å²) in [6.07, 6.45) is 2.14. The van der Waals surface area contributed by atoms with Crippen LogP contribution in [0.1, 0.15) is 18.1 Å². The summed E-state index contributed by atoms with van der Waals surface area (Å²) in [5.41, 5.74) is 7.79. The number of nitrogens with zero attached hydrogens (tertiary/aromatic N) is 1. The van der Waals surface area contributed by atoms with Crippen molar-refractivity contribution >= 4 is 11.8 Å². The Kier molecular flexibility index (Phi) is 6.89. The fourth-order valence-corrected chi connectivity index (χ4v) is 2.46. The van der Waals surface area contributed by atoms with E-state index in [-0.39, 0.29) is 0 Å². The third kappa shape index (κ3) is 4.73. The first-order chi connectivity index (χ1) is 8.69. The Balaban J connectivity index is 2.77. The van der Waals surface area contributed by atoms with Crippen LogP contribution in [0, 0.1) is 11.8 Å². The second-order valence-corrected chi connectivity index (χ2v) is 5.29. The van der Waals surface area contributed by atoms with Crippen molar-refractivity contribution < 1.29 is 0 Å². The summed E-state index contributed by atoms with van der Waals surface area (Å²) < 4.78 is 0. The maximum Gasteiger partial charge on any atom is 0.0555 e. The van der Waals surface area contributed by atoms with Crippen LogP contribution >= 0.6 is 11.8 Å². The van der Waals surface area contributed by atoms with Crippen molar-refractivity contribution in [3.05, 3.63) is 35.4 Å². The molecule has 98 valence electrons. The number of benzene rings is 1. The van der Waals surface area contributed by atoms with Gasteiger partial charge in [-0.15, -0.1) is 0 Å². The lowest BCUT2D eigenvalue weighted by atomic mass is 10.1. The van der Waals surface area contributed by atoms with Crippen LogP contribution in [0.15, 0.2) is 24.3 Å². The SMILES string of the molecule is CSCC(C)N(C)Cc1ccccc1C#CCN. The number of nitrogens with two attached hydrogens (primary N) is 1. The highest BCUT2D eigenvalue weighted by molar-refractivity contribution is 7.98. The van der Waals surface area contributed by atoms with E-state index in [1.807, 2.05) is 17.8 Å². The van der Waals surface area contributed by atoms with Crippen molar-refractivity contribution in [2.24, 2.45) is 5.73 Å². The second kappa shape index (κ2) is 8.20. The number of thioether (sulfide) groups is 1. The van der Waals surface area contributed by atoms with E-state index in [0.717, 1.165) is 17.9 Å². The molecule has 0 aliphatic carbocycles. The van der Waals surface area contributed by atoms with Gasteiger partial charge in [0, 0.05) is 23.9 Å². The molecule has 1 aromatic carbocycles. The fourth-order valence-electron chi connectivity index (χ4n) is 1.72. The van der Waals surface area contributed by atoms with Crippen molar-refractivity contribution in [2.45, 2.75) is 19.5 Å². The molecule has 0 heterocycles. The molecule has 3 heteroatoms. The van der Waals surface area contributed by atoms with Crippen molar-refractivity contribution in [1.82, 2.24) is 4.90 Å². The molecule has 0 bridgehead atoms. The van der Waals surface area contributed by atoms with Crippen molar-refractivity contribution in [3.8, 4) is 11.8 Å². The molecule has 0 aliphatic rings. The van der Waals surface area contributed by atoms with E-state index >= 15 is 0 Å². The van der Waals surface area contributed by atoms with Gasteiger partial charge < -0.3 is 5.73 Å². The second-order valence-electron chi connectivity index (χ2n) is 4.38. The molecule has 1 aromatic rings. The normalized spacial score (nSPS) is 12.1. The zero-order valence-corrected chi connectivity index (χ0v) is 12.3. The van der Waals surface area contributed by atoms with E-state index in [4.69, 9.17) is 5.73 Å². The molecule has 0 spiro atoms. The predicted molar refractivity (Wildman–Crippen MR) is 81.7 cm³/mol. The molecule has 0 saturated heterocycles. The topological polar surface area (TPSA) is 29.3 Å². The molecule has 2 nitrogen and oxygen atoms in total. The predicted octanol–water partition coefficient (Wildman–Crippen LogP) is 2.18. The molecular formula is C15H22N2S. The van der Waals surface area contributed by atoms with Crippen LogP contribution in [0.5, 0.6) is 0 Å². The van der Waals surface area contributed by atoms with Crippen LogP contribution < -0.4 is 5.73 Å². The Morgan fingerprint density at radius 3 is 2.78 bits per heavy atom. The largest absolute Gasteiger partial charge is 0.320 e. The van der Waals surface area contributed by atoms with E-state index in [1.54, 1.807) is 0 Å². The maximum atomic E-state index is 5.43. The average molecular weight is 262 g/mol. The molecule has 0 radical (unpaired) electrons. The number of rotatable bonds is 5. The first-order valence-electron chi connectivity index (χ1n) is 6.15. The summed E-state index contributed by atoms with van der Waals surface area (Å²) in [5.74, 6) is 7.22.